The number of ether oxygens (including phenoxy) is 1. The van der Waals surface area contributed by atoms with E-state index < -0.39 is 0 Å². The fourth-order valence-corrected chi connectivity index (χ4v) is 2.32. The fraction of sp³-hybridized carbons (Fsp3) is 0.211. The van der Waals surface area contributed by atoms with Crippen molar-refractivity contribution in [2.45, 2.75) is 27.4 Å². The number of amides is 1. The maximum absolute atomic E-state index is 12.4. The van der Waals surface area contributed by atoms with Crippen LogP contribution in [0.5, 0.6) is 5.75 Å². The molecule has 1 aromatic carbocycles. The van der Waals surface area contributed by atoms with Crippen molar-refractivity contribution >= 4 is 11.7 Å². The Hall–Kier alpha value is -3.15. The lowest BCUT2D eigenvalue weighted by atomic mass is 10.2. The van der Waals surface area contributed by atoms with E-state index in [0.717, 1.165) is 22.6 Å². The van der Waals surface area contributed by atoms with E-state index in [1.54, 1.807) is 36.5 Å². The minimum absolute atomic E-state index is 0.237. The van der Waals surface area contributed by atoms with Gasteiger partial charge in [-0.3, -0.25) is 4.79 Å². The number of carbonyl (C=O) groups is 1. The first kappa shape index (κ1) is 16.7. The van der Waals surface area contributed by atoms with Gasteiger partial charge in [0.15, 0.2) is 0 Å². The molecule has 6 nitrogen and oxygen atoms in total. The van der Waals surface area contributed by atoms with Gasteiger partial charge in [0.25, 0.3) is 5.91 Å². The predicted octanol–water partition coefficient (Wildman–Crippen LogP) is 3.83. The van der Waals surface area contributed by atoms with E-state index in [4.69, 9.17) is 9.26 Å². The van der Waals surface area contributed by atoms with Gasteiger partial charge in [0.2, 0.25) is 0 Å². The van der Waals surface area contributed by atoms with Crippen molar-refractivity contribution < 1.29 is 14.1 Å². The van der Waals surface area contributed by atoms with Crippen LogP contribution < -0.4 is 10.1 Å². The monoisotopic (exact) mass is 337 g/mol. The van der Waals surface area contributed by atoms with Crippen LogP contribution in [0.25, 0.3) is 0 Å². The standard InChI is InChI=1S/C19H19N3O3/c1-12-7-8-18(20-10-12)21-19(23)15-5-4-6-16(9-15)24-11-17-13(2)22-25-14(17)3/h4-10H,11H2,1-3H3,(H,20,21,23). The highest BCUT2D eigenvalue weighted by Crippen LogP contribution is 2.19. The van der Waals surface area contributed by atoms with Gasteiger partial charge in [-0.1, -0.05) is 17.3 Å². The molecule has 0 radical (unpaired) electrons. The summed E-state index contributed by atoms with van der Waals surface area (Å²) >= 11 is 0. The number of rotatable bonds is 5. The van der Waals surface area contributed by atoms with Crippen LogP contribution >= 0.6 is 0 Å². The molecule has 128 valence electrons. The zero-order valence-corrected chi connectivity index (χ0v) is 14.4. The Labute approximate surface area is 145 Å². The molecule has 6 heteroatoms. The third kappa shape index (κ3) is 4.03. The zero-order valence-electron chi connectivity index (χ0n) is 14.4. The predicted molar refractivity (Wildman–Crippen MR) is 93.7 cm³/mol. The molecule has 1 amide bonds. The topological polar surface area (TPSA) is 77.2 Å². The van der Waals surface area contributed by atoms with Crippen LogP contribution in [0.4, 0.5) is 5.82 Å². The molecular formula is C19H19N3O3. The van der Waals surface area contributed by atoms with E-state index in [2.05, 4.69) is 15.5 Å². The number of benzene rings is 1. The number of aromatic nitrogens is 2. The highest BCUT2D eigenvalue weighted by molar-refractivity contribution is 6.03. The van der Waals surface area contributed by atoms with Gasteiger partial charge in [-0.05, 0) is 50.6 Å². The van der Waals surface area contributed by atoms with Crippen LogP contribution in [0, 0.1) is 20.8 Å². The summed E-state index contributed by atoms with van der Waals surface area (Å²) in [5, 5.41) is 6.67. The summed E-state index contributed by atoms with van der Waals surface area (Å²) in [6, 6.07) is 10.7. The minimum atomic E-state index is -0.237. The number of hydrogen-bond acceptors (Lipinski definition) is 5. The highest BCUT2D eigenvalue weighted by atomic mass is 16.5. The third-order valence-electron chi connectivity index (χ3n) is 3.81. The lowest BCUT2D eigenvalue weighted by Crippen LogP contribution is -2.13. The van der Waals surface area contributed by atoms with Crippen molar-refractivity contribution in [3.8, 4) is 5.75 Å². The molecule has 0 aliphatic rings. The Morgan fingerprint density at radius 2 is 2.04 bits per heavy atom. The fourth-order valence-electron chi connectivity index (χ4n) is 2.32. The Morgan fingerprint density at radius 3 is 2.72 bits per heavy atom. The molecule has 0 spiro atoms. The smallest absolute Gasteiger partial charge is 0.256 e. The molecular weight excluding hydrogens is 318 g/mol. The van der Waals surface area contributed by atoms with E-state index in [1.165, 1.54) is 0 Å². The van der Waals surface area contributed by atoms with Gasteiger partial charge >= 0.3 is 0 Å². The first-order valence-electron chi connectivity index (χ1n) is 7.91. The van der Waals surface area contributed by atoms with Crippen molar-refractivity contribution in [3.63, 3.8) is 0 Å². The third-order valence-corrected chi connectivity index (χ3v) is 3.81. The quantitative estimate of drug-likeness (QED) is 0.766. The summed E-state index contributed by atoms with van der Waals surface area (Å²) in [6.45, 7) is 5.99. The molecule has 0 saturated carbocycles. The van der Waals surface area contributed by atoms with E-state index in [0.29, 0.717) is 23.7 Å². The Kier molecular flexibility index (Phi) is 4.79. The van der Waals surface area contributed by atoms with E-state index >= 15 is 0 Å². The molecule has 0 saturated heterocycles. The molecule has 0 aliphatic heterocycles. The Balaban J connectivity index is 1.68. The second-order valence-corrected chi connectivity index (χ2v) is 5.79. The van der Waals surface area contributed by atoms with Gasteiger partial charge in [-0.2, -0.15) is 0 Å². The normalized spacial score (nSPS) is 10.5. The van der Waals surface area contributed by atoms with Gasteiger partial charge in [0, 0.05) is 11.8 Å². The SMILES string of the molecule is Cc1ccc(NC(=O)c2cccc(OCc3c(C)noc3C)c2)nc1. The molecule has 0 atom stereocenters. The van der Waals surface area contributed by atoms with Gasteiger partial charge < -0.3 is 14.6 Å². The highest BCUT2D eigenvalue weighted by Gasteiger charge is 2.11. The Bertz CT molecular complexity index is 866. The number of nitrogens with zero attached hydrogens (tertiary/aromatic N) is 2. The summed E-state index contributed by atoms with van der Waals surface area (Å²) in [6.07, 6.45) is 1.71. The Morgan fingerprint density at radius 1 is 1.20 bits per heavy atom. The number of nitrogens with one attached hydrogen (secondary N) is 1. The van der Waals surface area contributed by atoms with E-state index in [-0.39, 0.29) is 5.91 Å². The first-order chi connectivity index (χ1) is 12.0. The molecule has 0 fully saturated rings. The summed E-state index contributed by atoms with van der Waals surface area (Å²) in [7, 11) is 0. The summed E-state index contributed by atoms with van der Waals surface area (Å²) in [5.74, 6) is 1.61. The van der Waals surface area contributed by atoms with Gasteiger partial charge in [0.05, 0.1) is 11.3 Å². The van der Waals surface area contributed by atoms with Crippen molar-refractivity contribution in [2.75, 3.05) is 5.32 Å². The molecule has 1 N–H and O–H groups in total. The summed E-state index contributed by atoms with van der Waals surface area (Å²) in [5.41, 5.74) is 3.25. The lowest BCUT2D eigenvalue weighted by Gasteiger charge is -2.08. The van der Waals surface area contributed by atoms with Crippen LogP contribution in [-0.4, -0.2) is 16.0 Å². The number of hydrogen-bond donors (Lipinski definition) is 1. The number of carbonyl (C=O) groups excluding carboxylic acids is 1. The number of aryl methyl sites for hydroxylation is 3. The van der Waals surface area contributed by atoms with Crippen LogP contribution in [-0.2, 0) is 6.61 Å². The first-order valence-corrected chi connectivity index (χ1v) is 7.91. The van der Waals surface area contributed by atoms with E-state index in [1.807, 2.05) is 26.8 Å². The molecule has 2 aromatic heterocycles. The zero-order chi connectivity index (χ0) is 17.8. The molecule has 0 bridgehead atoms. The number of pyridine rings is 1. The summed E-state index contributed by atoms with van der Waals surface area (Å²) in [4.78, 5) is 16.5. The number of anilines is 1. The molecule has 3 aromatic rings. The van der Waals surface area contributed by atoms with Gasteiger partial charge in [-0.25, -0.2) is 4.98 Å². The van der Waals surface area contributed by atoms with Gasteiger partial charge in [0.1, 0.15) is 23.9 Å². The minimum Gasteiger partial charge on any atom is -0.489 e. The average molecular weight is 337 g/mol. The van der Waals surface area contributed by atoms with Crippen molar-refractivity contribution in [1.29, 1.82) is 0 Å². The maximum Gasteiger partial charge on any atom is 0.256 e. The van der Waals surface area contributed by atoms with Crippen molar-refractivity contribution in [1.82, 2.24) is 10.1 Å². The van der Waals surface area contributed by atoms with Crippen LogP contribution in [0.1, 0.15) is 32.9 Å². The molecule has 3 rings (SSSR count). The van der Waals surface area contributed by atoms with Crippen LogP contribution in [0.3, 0.4) is 0 Å². The second-order valence-electron chi connectivity index (χ2n) is 5.79. The molecule has 25 heavy (non-hydrogen) atoms. The molecule has 0 aliphatic carbocycles. The van der Waals surface area contributed by atoms with E-state index in [9.17, 15) is 4.79 Å². The van der Waals surface area contributed by atoms with Crippen molar-refractivity contribution in [3.05, 3.63) is 70.7 Å². The van der Waals surface area contributed by atoms with Crippen LogP contribution in [0.2, 0.25) is 0 Å². The molecule has 2 heterocycles. The molecule has 0 unspecified atom stereocenters. The largest absolute Gasteiger partial charge is 0.489 e. The van der Waals surface area contributed by atoms with Crippen LogP contribution in [0.15, 0.2) is 47.1 Å². The summed E-state index contributed by atoms with van der Waals surface area (Å²) < 4.78 is 10.9. The van der Waals surface area contributed by atoms with Gasteiger partial charge in [-0.15, -0.1) is 0 Å². The lowest BCUT2D eigenvalue weighted by molar-refractivity contribution is 0.102. The second kappa shape index (κ2) is 7.17. The maximum atomic E-state index is 12.4. The average Bonchev–Trinajstić information content (AvgIpc) is 2.93. The van der Waals surface area contributed by atoms with Crippen molar-refractivity contribution in [2.24, 2.45) is 0 Å².